The van der Waals surface area contributed by atoms with Crippen molar-refractivity contribution in [2.75, 3.05) is 18.5 Å². The molecule has 0 aliphatic carbocycles. The monoisotopic (exact) mass is 450 g/mol. The molecule has 1 aromatic carbocycles. The molecule has 2 heterocycles. The third-order valence-corrected chi connectivity index (χ3v) is 4.64. The Labute approximate surface area is 181 Å². The van der Waals surface area contributed by atoms with Crippen molar-refractivity contribution in [2.24, 2.45) is 0 Å². The Hall–Kier alpha value is -3.15. The van der Waals surface area contributed by atoms with E-state index in [4.69, 9.17) is 4.74 Å². The minimum atomic E-state index is -0.971. The summed E-state index contributed by atoms with van der Waals surface area (Å²) in [5.74, 6) is -2.16. The molecule has 0 saturated heterocycles. The fourth-order valence-corrected chi connectivity index (χ4v) is 3.17. The van der Waals surface area contributed by atoms with E-state index in [0.717, 1.165) is 12.1 Å². The molecule has 0 saturated carbocycles. The fraction of sp³-hybridized carbons (Fsp3) is 0.381. The lowest BCUT2D eigenvalue weighted by Gasteiger charge is -2.18. The van der Waals surface area contributed by atoms with Gasteiger partial charge in [-0.25, -0.2) is 13.8 Å². The predicted octanol–water partition coefficient (Wildman–Crippen LogP) is 1.79. The minimum absolute atomic E-state index is 0.0986. The number of nitrogens with zero attached hydrogens (tertiary/aromatic N) is 3. The number of benzene rings is 1. The van der Waals surface area contributed by atoms with E-state index < -0.39 is 23.3 Å². The third-order valence-electron chi connectivity index (χ3n) is 4.64. The van der Waals surface area contributed by atoms with Gasteiger partial charge in [0, 0.05) is 36.9 Å². The van der Waals surface area contributed by atoms with E-state index in [9.17, 15) is 28.9 Å². The molecule has 0 fully saturated rings. The molecular weight excluding hydrogens is 426 g/mol. The van der Waals surface area contributed by atoms with Crippen molar-refractivity contribution in [3.63, 3.8) is 0 Å². The van der Waals surface area contributed by atoms with E-state index in [0.29, 0.717) is 24.3 Å². The molecule has 4 N–H and O–H groups in total. The van der Waals surface area contributed by atoms with E-state index >= 15 is 0 Å². The summed E-state index contributed by atoms with van der Waals surface area (Å²) in [6.07, 6.45) is 1.24. The SMILES string of the molecule is CC(O)Cn1c(=O)c(Oc2ccc(F)cc2F)cc2cnc(NC(CCO)CCO)nc21. The van der Waals surface area contributed by atoms with E-state index in [-0.39, 0.29) is 48.9 Å². The van der Waals surface area contributed by atoms with Crippen LogP contribution in [0.25, 0.3) is 11.0 Å². The zero-order valence-electron chi connectivity index (χ0n) is 17.3. The summed E-state index contributed by atoms with van der Waals surface area (Å²) in [6.45, 7) is 1.17. The van der Waals surface area contributed by atoms with Crippen molar-refractivity contribution < 1.29 is 28.8 Å². The molecule has 0 spiro atoms. The number of aliphatic hydroxyl groups is 3. The maximum Gasteiger partial charge on any atom is 0.295 e. The molecule has 0 radical (unpaired) electrons. The number of hydrogen-bond donors (Lipinski definition) is 4. The first-order chi connectivity index (χ1) is 15.3. The number of fused-ring (bicyclic) bond motifs is 1. The lowest BCUT2D eigenvalue weighted by Crippen LogP contribution is -2.28. The zero-order valence-corrected chi connectivity index (χ0v) is 17.3. The second-order valence-electron chi connectivity index (χ2n) is 7.29. The maximum atomic E-state index is 14.0. The number of halogens is 2. The van der Waals surface area contributed by atoms with Gasteiger partial charge >= 0.3 is 0 Å². The lowest BCUT2D eigenvalue weighted by atomic mass is 10.1. The Kier molecular flexibility index (Phi) is 7.67. The first kappa shape index (κ1) is 23.5. The average molecular weight is 450 g/mol. The molecule has 0 aliphatic heterocycles. The summed E-state index contributed by atoms with van der Waals surface area (Å²) in [5.41, 5.74) is -0.471. The highest BCUT2D eigenvalue weighted by atomic mass is 19.1. The van der Waals surface area contributed by atoms with Crippen molar-refractivity contribution >= 4 is 17.0 Å². The van der Waals surface area contributed by atoms with Gasteiger partial charge in [-0.15, -0.1) is 0 Å². The summed E-state index contributed by atoms with van der Waals surface area (Å²) in [5, 5.41) is 31.6. The van der Waals surface area contributed by atoms with Gasteiger partial charge in [-0.1, -0.05) is 0 Å². The minimum Gasteiger partial charge on any atom is -0.448 e. The molecule has 172 valence electrons. The van der Waals surface area contributed by atoms with Crippen LogP contribution in [0.5, 0.6) is 11.5 Å². The van der Waals surface area contributed by atoms with Gasteiger partial charge in [0.1, 0.15) is 11.5 Å². The summed E-state index contributed by atoms with van der Waals surface area (Å²) >= 11 is 0. The van der Waals surface area contributed by atoms with Crippen LogP contribution in [-0.4, -0.2) is 55.2 Å². The van der Waals surface area contributed by atoms with Gasteiger partial charge in [-0.05, 0) is 38.0 Å². The number of aromatic nitrogens is 3. The van der Waals surface area contributed by atoms with Crippen molar-refractivity contribution in [3.05, 3.63) is 52.5 Å². The zero-order chi connectivity index (χ0) is 23.3. The van der Waals surface area contributed by atoms with Crippen LogP contribution < -0.4 is 15.6 Å². The van der Waals surface area contributed by atoms with Crippen LogP contribution in [-0.2, 0) is 6.54 Å². The molecule has 0 aliphatic rings. The molecule has 3 rings (SSSR count). The molecular formula is C21H24F2N4O5. The standard InChI is InChI=1S/C21H24F2N4O5/c1-12(30)11-27-19-13(10-24-21(26-19)25-15(4-6-28)5-7-29)8-18(20(27)31)32-17-3-2-14(22)9-16(17)23/h2-3,8-10,12,15,28-30H,4-7,11H2,1H3,(H,24,25,26). The van der Waals surface area contributed by atoms with Gasteiger partial charge in [0.2, 0.25) is 5.95 Å². The Morgan fingerprint density at radius 2 is 1.88 bits per heavy atom. The van der Waals surface area contributed by atoms with Gasteiger partial charge in [0.05, 0.1) is 12.6 Å². The fourth-order valence-electron chi connectivity index (χ4n) is 3.17. The highest BCUT2D eigenvalue weighted by molar-refractivity contribution is 5.77. The molecule has 2 aromatic heterocycles. The van der Waals surface area contributed by atoms with Crippen LogP contribution in [0.2, 0.25) is 0 Å². The molecule has 3 aromatic rings. The Bertz CT molecular complexity index is 1130. The van der Waals surface area contributed by atoms with E-state index in [2.05, 4.69) is 15.3 Å². The van der Waals surface area contributed by atoms with Crippen LogP contribution in [0.4, 0.5) is 14.7 Å². The van der Waals surface area contributed by atoms with E-state index in [1.54, 1.807) is 0 Å². The van der Waals surface area contributed by atoms with Gasteiger partial charge in [0.15, 0.2) is 17.3 Å². The smallest absolute Gasteiger partial charge is 0.295 e. The van der Waals surface area contributed by atoms with Gasteiger partial charge in [-0.3, -0.25) is 9.36 Å². The number of aliphatic hydroxyl groups excluding tert-OH is 3. The summed E-state index contributed by atoms with van der Waals surface area (Å²) in [7, 11) is 0. The number of pyridine rings is 1. The summed E-state index contributed by atoms with van der Waals surface area (Å²) < 4.78 is 33.8. The van der Waals surface area contributed by atoms with Gasteiger partial charge < -0.3 is 25.4 Å². The van der Waals surface area contributed by atoms with Crippen LogP contribution in [0.3, 0.4) is 0 Å². The van der Waals surface area contributed by atoms with Crippen LogP contribution in [0.1, 0.15) is 19.8 Å². The van der Waals surface area contributed by atoms with Crippen molar-refractivity contribution in [1.82, 2.24) is 14.5 Å². The molecule has 0 amide bonds. The van der Waals surface area contributed by atoms with Crippen LogP contribution in [0, 0.1) is 11.6 Å². The molecule has 1 unspecified atom stereocenters. The Balaban J connectivity index is 2.05. The van der Waals surface area contributed by atoms with Gasteiger partial charge in [0.25, 0.3) is 5.56 Å². The van der Waals surface area contributed by atoms with E-state index in [1.807, 2.05) is 0 Å². The molecule has 1 atom stereocenters. The number of anilines is 1. The molecule has 32 heavy (non-hydrogen) atoms. The van der Waals surface area contributed by atoms with Gasteiger partial charge in [-0.2, -0.15) is 4.98 Å². The second-order valence-corrected chi connectivity index (χ2v) is 7.29. The van der Waals surface area contributed by atoms with E-state index in [1.165, 1.54) is 23.8 Å². The topological polar surface area (TPSA) is 130 Å². The average Bonchev–Trinajstić information content (AvgIpc) is 2.73. The largest absolute Gasteiger partial charge is 0.448 e. The number of nitrogens with one attached hydrogen (secondary N) is 1. The normalized spacial score (nSPS) is 12.3. The summed E-state index contributed by atoms with van der Waals surface area (Å²) in [6, 6.07) is 3.76. The van der Waals surface area contributed by atoms with Crippen molar-refractivity contribution in [2.45, 2.75) is 38.5 Å². The molecule has 11 heteroatoms. The Morgan fingerprint density at radius 3 is 2.50 bits per heavy atom. The highest BCUT2D eigenvalue weighted by Crippen LogP contribution is 2.25. The summed E-state index contributed by atoms with van der Waals surface area (Å²) in [4.78, 5) is 21.6. The second kappa shape index (κ2) is 10.4. The highest BCUT2D eigenvalue weighted by Gasteiger charge is 2.17. The first-order valence-electron chi connectivity index (χ1n) is 10.0. The lowest BCUT2D eigenvalue weighted by molar-refractivity contribution is 0.173. The molecule has 9 nitrogen and oxygen atoms in total. The Morgan fingerprint density at radius 1 is 1.16 bits per heavy atom. The van der Waals surface area contributed by atoms with Crippen LogP contribution >= 0.6 is 0 Å². The van der Waals surface area contributed by atoms with Crippen molar-refractivity contribution in [3.8, 4) is 11.5 Å². The first-order valence-corrected chi connectivity index (χ1v) is 10.0. The van der Waals surface area contributed by atoms with Crippen molar-refractivity contribution in [1.29, 1.82) is 0 Å². The quantitative estimate of drug-likeness (QED) is 0.368. The van der Waals surface area contributed by atoms with Crippen LogP contribution in [0.15, 0.2) is 35.3 Å². The maximum absolute atomic E-state index is 14.0. The number of hydrogen-bond acceptors (Lipinski definition) is 8. The number of rotatable bonds is 10. The predicted molar refractivity (Wildman–Crippen MR) is 113 cm³/mol. The third kappa shape index (κ3) is 5.55. The molecule has 0 bridgehead atoms. The number of ether oxygens (including phenoxy) is 1.